The standard InChI is InChI=1S/C23H21N3O2/c27-23(19-11-4-7-14-22(19)28-18-9-2-1-3-10-18)24-15-8-16-26-17-25-20-12-5-6-13-21(20)26/h1-7,9-14,17H,8,15-16H2,(H,24,27). The molecule has 0 bridgehead atoms. The Balaban J connectivity index is 1.35. The van der Waals surface area contributed by atoms with E-state index < -0.39 is 0 Å². The SMILES string of the molecule is O=C(NCCCn1cnc2ccccc21)c1ccccc1Oc1ccccc1. The van der Waals surface area contributed by atoms with Gasteiger partial charge in [0.15, 0.2) is 0 Å². The smallest absolute Gasteiger partial charge is 0.255 e. The lowest BCUT2D eigenvalue weighted by molar-refractivity contribution is 0.0950. The number of nitrogens with one attached hydrogen (secondary N) is 1. The van der Waals surface area contributed by atoms with Crippen molar-refractivity contribution in [3.8, 4) is 11.5 Å². The summed E-state index contributed by atoms with van der Waals surface area (Å²) in [6.07, 6.45) is 2.66. The summed E-state index contributed by atoms with van der Waals surface area (Å²) < 4.78 is 7.98. The minimum absolute atomic E-state index is 0.137. The number of aryl methyl sites for hydroxylation is 1. The van der Waals surface area contributed by atoms with Crippen LogP contribution in [0.2, 0.25) is 0 Å². The first kappa shape index (κ1) is 17.8. The lowest BCUT2D eigenvalue weighted by atomic mass is 10.2. The van der Waals surface area contributed by atoms with Crippen LogP contribution >= 0.6 is 0 Å². The maximum atomic E-state index is 12.6. The number of para-hydroxylation sites is 4. The topological polar surface area (TPSA) is 56.2 Å². The normalized spacial score (nSPS) is 10.7. The van der Waals surface area contributed by atoms with E-state index in [-0.39, 0.29) is 5.91 Å². The molecule has 28 heavy (non-hydrogen) atoms. The van der Waals surface area contributed by atoms with Crippen LogP contribution in [0.15, 0.2) is 85.2 Å². The number of carbonyl (C=O) groups is 1. The third kappa shape index (κ3) is 4.04. The number of aromatic nitrogens is 2. The van der Waals surface area contributed by atoms with Gasteiger partial charge in [-0.1, -0.05) is 42.5 Å². The highest BCUT2D eigenvalue weighted by atomic mass is 16.5. The van der Waals surface area contributed by atoms with Crippen LogP contribution in [0.3, 0.4) is 0 Å². The minimum Gasteiger partial charge on any atom is -0.457 e. The van der Waals surface area contributed by atoms with Gasteiger partial charge in [-0.25, -0.2) is 4.98 Å². The monoisotopic (exact) mass is 371 g/mol. The van der Waals surface area contributed by atoms with Gasteiger partial charge in [-0.15, -0.1) is 0 Å². The summed E-state index contributed by atoms with van der Waals surface area (Å²) in [5.41, 5.74) is 2.62. The Hall–Kier alpha value is -3.60. The number of ether oxygens (including phenoxy) is 1. The molecule has 3 aromatic carbocycles. The van der Waals surface area contributed by atoms with Crippen LogP contribution in [0.25, 0.3) is 11.0 Å². The van der Waals surface area contributed by atoms with Crippen molar-refractivity contribution in [1.29, 1.82) is 0 Å². The number of amides is 1. The predicted molar refractivity (Wildman–Crippen MR) is 110 cm³/mol. The second-order valence-corrected chi connectivity index (χ2v) is 6.45. The Morgan fingerprint density at radius 2 is 1.68 bits per heavy atom. The molecule has 1 heterocycles. The highest BCUT2D eigenvalue weighted by Crippen LogP contribution is 2.24. The van der Waals surface area contributed by atoms with E-state index in [2.05, 4.69) is 20.9 Å². The quantitative estimate of drug-likeness (QED) is 0.481. The van der Waals surface area contributed by atoms with Gasteiger partial charge in [0.25, 0.3) is 5.91 Å². The average Bonchev–Trinajstić information content (AvgIpc) is 3.15. The fourth-order valence-electron chi connectivity index (χ4n) is 3.09. The zero-order valence-corrected chi connectivity index (χ0v) is 15.4. The molecule has 0 unspecified atom stereocenters. The van der Waals surface area contributed by atoms with Crippen LogP contribution in [0, 0.1) is 0 Å². The van der Waals surface area contributed by atoms with Crippen LogP contribution in [-0.4, -0.2) is 22.0 Å². The van der Waals surface area contributed by atoms with Crippen molar-refractivity contribution in [2.75, 3.05) is 6.54 Å². The van der Waals surface area contributed by atoms with Crippen molar-refractivity contribution in [2.24, 2.45) is 0 Å². The summed E-state index contributed by atoms with van der Waals surface area (Å²) in [6.45, 7) is 1.37. The number of benzene rings is 3. The van der Waals surface area contributed by atoms with Gasteiger partial charge in [-0.05, 0) is 42.8 Å². The minimum atomic E-state index is -0.137. The molecule has 0 radical (unpaired) electrons. The highest BCUT2D eigenvalue weighted by molar-refractivity contribution is 5.97. The third-order valence-electron chi connectivity index (χ3n) is 4.49. The molecule has 0 aliphatic heterocycles. The van der Waals surface area contributed by atoms with E-state index in [0.717, 1.165) is 24.0 Å². The molecule has 4 rings (SSSR count). The molecule has 0 saturated carbocycles. The van der Waals surface area contributed by atoms with Crippen LogP contribution in [0.4, 0.5) is 0 Å². The van der Waals surface area contributed by atoms with Gasteiger partial charge in [0.2, 0.25) is 0 Å². The Bertz CT molecular complexity index is 1070. The maximum absolute atomic E-state index is 12.6. The van der Waals surface area contributed by atoms with Crippen molar-refractivity contribution in [3.05, 3.63) is 90.8 Å². The van der Waals surface area contributed by atoms with Crippen LogP contribution in [0.5, 0.6) is 11.5 Å². The summed E-state index contributed by atoms with van der Waals surface area (Å²) in [5.74, 6) is 1.11. The number of fused-ring (bicyclic) bond motifs is 1. The molecule has 4 aromatic rings. The average molecular weight is 371 g/mol. The molecule has 0 spiro atoms. The summed E-state index contributed by atoms with van der Waals surface area (Å²) in [6, 6.07) is 24.8. The van der Waals surface area contributed by atoms with E-state index in [1.165, 1.54) is 0 Å². The molecule has 1 amide bonds. The Labute approximate surface area is 163 Å². The van der Waals surface area contributed by atoms with E-state index in [9.17, 15) is 4.79 Å². The summed E-state index contributed by atoms with van der Waals surface area (Å²) in [4.78, 5) is 17.0. The number of imidazole rings is 1. The molecule has 140 valence electrons. The van der Waals surface area contributed by atoms with Crippen molar-refractivity contribution in [1.82, 2.24) is 14.9 Å². The van der Waals surface area contributed by atoms with Crippen molar-refractivity contribution in [3.63, 3.8) is 0 Å². The lowest BCUT2D eigenvalue weighted by Gasteiger charge is -2.11. The van der Waals surface area contributed by atoms with Crippen molar-refractivity contribution in [2.45, 2.75) is 13.0 Å². The second-order valence-electron chi connectivity index (χ2n) is 6.45. The third-order valence-corrected chi connectivity index (χ3v) is 4.49. The maximum Gasteiger partial charge on any atom is 0.255 e. The van der Waals surface area contributed by atoms with E-state index >= 15 is 0 Å². The van der Waals surface area contributed by atoms with Crippen molar-refractivity contribution < 1.29 is 9.53 Å². The molecule has 0 atom stereocenters. The summed E-state index contributed by atoms with van der Waals surface area (Å²) in [5, 5.41) is 2.98. The van der Waals surface area contributed by atoms with Crippen molar-refractivity contribution >= 4 is 16.9 Å². The summed E-state index contributed by atoms with van der Waals surface area (Å²) >= 11 is 0. The number of carbonyl (C=O) groups excluding carboxylic acids is 1. The Morgan fingerprint density at radius 3 is 2.57 bits per heavy atom. The zero-order chi connectivity index (χ0) is 19.2. The van der Waals surface area contributed by atoms with Gasteiger partial charge in [-0.2, -0.15) is 0 Å². The largest absolute Gasteiger partial charge is 0.457 e. The number of nitrogens with zero attached hydrogens (tertiary/aromatic N) is 2. The van der Waals surface area contributed by atoms with Crippen LogP contribution < -0.4 is 10.1 Å². The molecule has 1 aromatic heterocycles. The van der Waals surface area contributed by atoms with Gasteiger partial charge >= 0.3 is 0 Å². The molecule has 0 aliphatic carbocycles. The lowest BCUT2D eigenvalue weighted by Crippen LogP contribution is -2.25. The fraction of sp³-hybridized carbons (Fsp3) is 0.130. The molecule has 5 heteroatoms. The molecule has 5 nitrogen and oxygen atoms in total. The van der Waals surface area contributed by atoms with E-state index in [0.29, 0.717) is 23.6 Å². The molecule has 0 aliphatic rings. The molecule has 0 fully saturated rings. The first-order valence-corrected chi connectivity index (χ1v) is 9.31. The van der Waals surface area contributed by atoms with Gasteiger partial charge < -0.3 is 14.6 Å². The number of hydrogen-bond donors (Lipinski definition) is 1. The van der Waals surface area contributed by atoms with Gasteiger partial charge in [0.1, 0.15) is 11.5 Å². The highest BCUT2D eigenvalue weighted by Gasteiger charge is 2.12. The first-order chi connectivity index (χ1) is 13.8. The van der Waals surface area contributed by atoms with E-state index in [1.54, 1.807) is 12.1 Å². The van der Waals surface area contributed by atoms with Crippen LogP contribution in [0.1, 0.15) is 16.8 Å². The summed E-state index contributed by atoms with van der Waals surface area (Å²) in [7, 11) is 0. The number of hydrogen-bond acceptors (Lipinski definition) is 3. The predicted octanol–water partition coefficient (Wildman–Crippen LogP) is 4.65. The van der Waals surface area contributed by atoms with Gasteiger partial charge in [0.05, 0.1) is 22.9 Å². The zero-order valence-electron chi connectivity index (χ0n) is 15.4. The van der Waals surface area contributed by atoms with Gasteiger partial charge in [0, 0.05) is 13.1 Å². The van der Waals surface area contributed by atoms with Gasteiger partial charge in [-0.3, -0.25) is 4.79 Å². The van der Waals surface area contributed by atoms with E-state index in [1.807, 2.05) is 67.0 Å². The second kappa shape index (κ2) is 8.39. The number of rotatable bonds is 7. The molecular formula is C23H21N3O2. The first-order valence-electron chi connectivity index (χ1n) is 9.31. The molecule has 1 N–H and O–H groups in total. The van der Waals surface area contributed by atoms with E-state index in [4.69, 9.17) is 4.74 Å². The Morgan fingerprint density at radius 1 is 0.929 bits per heavy atom. The fourth-order valence-corrected chi connectivity index (χ4v) is 3.09. The molecular weight excluding hydrogens is 350 g/mol. The van der Waals surface area contributed by atoms with Crippen LogP contribution in [-0.2, 0) is 6.54 Å². The Kier molecular flexibility index (Phi) is 5.33. The molecule has 0 saturated heterocycles.